The number of aliphatic hydroxyl groups excluding tert-OH is 8. The highest BCUT2D eigenvalue weighted by Crippen LogP contribution is 2.26. The Bertz CT molecular complexity index is 683. The number of ether oxygens (including phenoxy) is 4. The van der Waals surface area contributed by atoms with Crippen molar-refractivity contribution >= 4 is 0 Å². The maximum Gasteiger partial charge on any atom is 0.229 e. The monoisotopic (exact) mass is 448 g/mol. The summed E-state index contributed by atoms with van der Waals surface area (Å²) in [5, 5.41) is 77.6. The topological polar surface area (TPSA) is 199 Å². The molecule has 0 radical (unpaired) electrons. The average Bonchev–Trinajstić information content (AvgIpc) is 2.78. The zero-order chi connectivity index (χ0) is 22.7. The van der Waals surface area contributed by atoms with Gasteiger partial charge < -0.3 is 59.8 Å². The molecule has 2 aliphatic rings. The summed E-state index contributed by atoms with van der Waals surface area (Å²) >= 11 is 0. The van der Waals surface area contributed by atoms with E-state index in [-0.39, 0.29) is 12.4 Å². The highest BCUT2D eigenvalue weighted by Gasteiger charge is 2.45. The summed E-state index contributed by atoms with van der Waals surface area (Å²) in [5.41, 5.74) is 0.623. The van der Waals surface area contributed by atoms with E-state index in [1.165, 1.54) is 12.1 Å². The zero-order valence-electron chi connectivity index (χ0n) is 16.4. The molecular weight excluding hydrogens is 420 g/mol. The Hall–Kier alpha value is -1.42. The van der Waals surface area contributed by atoms with Crippen LogP contribution in [0.25, 0.3) is 0 Å². The van der Waals surface area contributed by atoms with Crippen LogP contribution in [0.5, 0.6) is 5.75 Å². The molecule has 1 aromatic rings. The standard InChI is InChI=1S/C19H28O12/c20-5-10-12(22)14(24)16(26)18(30-10)28-7-8-1-3-9(4-2-8)29-19-17(27)15(25)13(23)11(6-21)31-19/h1-4,10-27H,5-7H2/t10?,11?,12-,13+,14?,15?,16?,17?,18?,19-/m1/s1. The van der Waals surface area contributed by atoms with Gasteiger partial charge in [0.25, 0.3) is 0 Å². The minimum atomic E-state index is -1.55. The summed E-state index contributed by atoms with van der Waals surface area (Å²) in [6.07, 6.45) is -13.8. The van der Waals surface area contributed by atoms with Crippen molar-refractivity contribution in [3.63, 3.8) is 0 Å². The van der Waals surface area contributed by atoms with Gasteiger partial charge in [0, 0.05) is 0 Å². The van der Waals surface area contributed by atoms with Gasteiger partial charge in [-0.15, -0.1) is 0 Å². The zero-order valence-corrected chi connectivity index (χ0v) is 16.4. The number of rotatable bonds is 7. The minimum absolute atomic E-state index is 0.0387. The Morgan fingerprint density at radius 3 is 1.65 bits per heavy atom. The molecule has 10 atom stereocenters. The minimum Gasteiger partial charge on any atom is -0.462 e. The van der Waals surface area contributed by atoms with Crippen LogP contribution in [0.15, 0.2) is 24.3 Å². The molecule has 176 valence electrons. The van der Waals surface area contributed by atoms with E-state index in [0.29, 0.717) is 5.56 Å². The number of hydrogen-bond donors (Lipinski definition) is 8. The number of aliphatic hydroxyl groups is 8. The van der Waals surface area contributed by atoms with E-state index in [4.69, 9.17) is 18.9 Å². The van der Waals surface area contributed by atoms with E-state index in [1.807, 2.05) is 0 Å². The fourth-order valence-electron chi connectivity index (χ4n) is 3.35. The van der Waals surface area contributed by atoms with E-state index in [2.05, 4.69) is 0 Å². The average molecular weight is 448 g/mol. The van der Waals surface area contributed by atoms with Crippen LogP contribution in [0.1, 0.15) is 5.56 Å². The van der Waals surface area contributed by atoms with Gasteiger partial charge >= 0.3 is 0 Å². The van der Waals surface area contributed by atoms with E-state index < -0.39 is 74.6 Å². The molecule has 2 aliphatic heterocycles. The Morgan fingerprint density at radius 1 is 0.645 bits per heavy atom. The van der Waals surface area contributed by atoms with Gasteiger partial charge in [-0.1, -0.05) is 12.1 Å². The van der Waals surface area contributed by atoms with Crippen LogP contribution in [0.4, 0.5) is 0 Å². The summed E-state index contributed by atoms with van der Waals surface area (Å²) in [6.45, 7) is -1.17. The molecule has 8 N–H and O–H groups in total. The second kappa shape index (κ2) is 10.5. The van der Waals surface area contributed by atoms with Crippen LogP contribution < -0.4 is 4.74 Å². The van der Waals surface area contributed by atoms with Gasteiger partial charge in [0.2, 0.25) is 6.29 Å². The first-order valence-corrected chi connectivity index (χ1v) is 9.75. The molecule has 0 saturated carbocycles. The summed E-state index contributed by atoms with van der Waals surface area (Å²) in [7, 11) is 0. The lowest BCUT2D eigenvalue weighted by Gasteiger charge is -2.39. The number of hydrogen-bond acceptors (Lipinski definition) is 12. The molecule has 12 nitrogen and oxygen atoms in total. The Labute approximate surface area is 177 Å². The molecule has 2 heterocycles. The molecule has 2 saturated heterocycles. The summed E-state index contributed by atoms with van der Waals surface area (Å²) in [5.74, 6) is 0.265. The first-order chi connectivity index (χ1) is 14.8. The Kier molecular flexibility index (Phi) is 8.18. The highest BCUT2D eigenvalue weighted by atomic mass is 16.7. The van der Waals surface area contributed by atoms with Crippen LogP contribution in [-0.2, 0) is 20.8 Å². The third-order valence-corrected chi connectivity index (χ3v) is 5.29. The lowest BCUT2D eigenvalue weighted by Crippen LogP contribution is -2.60. The van der Waals surface area contributed by atoms with Gasteiger partial charge in [0.1, 0.15) is 54.6 Å². The molecule has 31 heavy (non-hydrogen) atoms. The third-order valence-electron chi connectivity index (χ3n) is 5.29. The molecule has 1 aromatic carbocycles. The molecule has 2 fully saturated rings. The Balaban J connectivity index is 1.56. The van der Waals surface area contributed by atoms with Gasteiger partial charge in [0.05, 0.1) is 19.8 Å². The number of benzene rings is 1. The fraction of sp³-hybridized carbons (Fsp3) is 0.684. The first kappa shape index (κ1) is 24.2. The maximum atomic E-state index is 10.0. The molecule has 0 aliphatic carbocycles. The van der Waals surface area contributed by atoms with Crippen LogP contribution in [0, 0.1) is 0 Å². The Morgan fingerprint density at radius 2 is 1.13 bits per heavy atom. The van der Waals surface area contributed by atoms with Crippen molar-refractivity contribution in [2.24, 2.45) is 0 Å². The SMILES string of the molecule is OCC1OC(OCc2ccc(O[C@@H]3OC(CO)[C@H](O)C(O)C3O)cc2)C(O)C(O)[C@@H]1O. The van der Waals surface area contributed by atoms with Crippen LogP contribution >= 0.6 is 0 Å². The second-order valence-electron chi connectivity index (χ2n) is 7.47. The predicted molar refractivity (Wildman–Crippen MR) is 99.4 cm³/mol. The smallest absolute Gasteiger partial charge is 0.229 e. The lowest BCUT2D eigenvalue weighted by molar-refractivity contribution is -0.304. The summed E-state index contributed by atoms with van der Waals surface area (Å²) in [4.78, 5) is 0. The summed E-state index contributed by atoms with van der Waals surface area (Å²) in [6, 6.07) is 6.24. The highest BCUT2D eigenvalue weighted by molar-refractivity contribution is 5.27. The van der Waals surface area contributed by atoms with Crippen molar-refractivity contribution < 1.29 is 59.8 Å². The lowest BCUT2D eigenvalue weighted by atomic mass is 9.99. The molecule has 0 amide bonds. The van der Waals surface area contributed by atoms with Crippen molar-refractivity contribution in [2.45, 2.75) is 68.0 Å². The van der Waals surface area contributed by atoms with Gasteiger partial charge in [-0.3, -0.25) is 0 Å². The van der Waals surface area contributed by atoms with Crippen molar-refractivity contribution in [3.05, 3.63) is 29.8 Å². The van der Waals surface area contributed by atoms with Crippen molar-refractivity contribution in [1.82, 2.24) is 0 Å². The maximum absolute atomic E-state index is 10.0. The molecule has 12 heteroatoms. The quantitative estimate of drug-likeness (QED) is 0.203. The van der Waals surface area contributed by atoms with E-state index in [1.54, 1.807) is 12.1 Å². The van der Waals surface area contributed by atoms with Crippen molar-refractivity contribution in [2.75, 3.05) is 13.2 Å². The van der Waals surface area contributed by atoms with Crippen LogP contribution in [-0.4, -0.2) is 115 Å². The molecule has 0 spiro atoms. The van der Waals surface area contributed by atoms with Crippen molar-refractivity contribution in [3.8, 4) is 5.75 Å². The molecule has 0 aromatic heterocycles. The molecule has 0 bridgehead atoms. The van der Waals surface area contributed by atoms with Gasteiger partial charge in [-0.2, -0.15) is 0 Å². The normalized spacial score (nSPS) is 41.2. The third kappa shape index (κ3) is 5.32. The molecular formula is C19H28O12. The second-order valence-corrected chi connectivity index (χ2v) is 7.47. The van der Waals surface area contributed by atoms with Gasteiger partial charge in [0.15, 0.2) is 6.29 Å². The van der Waals surface area contributed by atoms with E-state index in [9.17, 15) is 40.9 Å². The van der Waals surface area contributed by atoms with Gasteiger partial charge in [-0.05, 0) is 17.7 Å². The van der Waals surface area contributed by atoms with Gasteiger partial charge in [-0.25, -0.2) is 0 Å². The van der Waals surface area contributed by atoms with E-state index in [0.717, 1.165) is 0 Å². The van der Waals surface area contributed by atoms with Crippen LogP contribution in [0.3, 0.4) is 0 Å². The summed E-state index contributed by atoms with van der Waals surface area (Å²) < 4.78 is 21.5. The first-order valence-electron chi connectivity index (χ1n) is 9.75. The van der Waals surface area contributed by atoms with Crippen molar-refractivity contribution in [1.29, 1.82) is 0 Å². The van der Waals surface area contributed by atoms with Crippen LogP contribution in [0.2, 0.25) is 0 Å². The fourth-order valence-corrected chi connectivity index (χ4v) is 3.35. The largest absolute Gasteiger partial charge is 0.462 e. The predicted octanol–water partition coefficient (Wildman–Crippen LogP) is -3.82. The molecule has 7 unspecified atom stereocenters. The molecule has 3 rings (SSSR count). The van der Waals surface area contributed by atoms with E-state index >= 15 is 0 Å².